The lowest BCUT2D eigenvalue weighted by Gasteiger charge is -2.36. The molecule has 1 saturated heterocycles. The molecule has 2 aromatic rings. The van der Waals surface area contributed by atoms with Gasteiger partial charge in [0.05, 0.1) is 23.0 Å². The molecule has 1 aliphatic carbocycles. The van der Waals surface area contributed by atoms with Gasteiger partial charge < -0.3 is 4.90 Å². The summed E-state index contributed by atoms with van der Waals surface area (Å²) < 4.78 is 1.60. The monoisotopic (exact) mass is 411 g/mol. The molecule has 7 nitrogen and oxygen atoms in total. The SMILES string of the molecule is CC(C)N1CCc2nc3cc(C4CCCCN4C(=O)C4CCCC4)[nH]n3c(=O)c2C1. The Morgan fingerprint density at radius 3 is 2.67 bits per heavy atom. The van der Waals surface area contributed by atoms with Crippen molar-refractivity contribution in [1.29, 1.82) is 0 Å². The summed E-state index contributed by atoms with van der Waals surface area (Å²) in [6, 6.07) is 2.44. The van der Waals surface area contributed by atoms with Gasteiger partial charge in [0.25, 0.3) is 5.56 Å². The van der Waals surface area contributed by atoms with Gasteiger partial charge in [-0.3, -0.25) is 19.6 Å². The van der Waals surface area contributed by atoms with Crippen molar-refractivity contribution in [1.82, 2.24) is 24.4 Å². The zero-order valence-electron chi connectivity index (χ0n) is 18.2. The average molecular weight is 412 g/mol. The summed E-state index contributed by atoms with van der Waals surface area (Å²) in [6.07, 6.45) is 8.31. The molecule has 5 rings (SSSR count). The maximum atomic E-state index is 13.2. The zero-order chi connectivity index (χ0) is 20.8. The average Bonchev–Trinajstić information content (AvgIpc) is 3.43. The Morgan fingerprint density at radius 2 is 1.90 bits per heavy atom. The van der Waals surface area contributed by atoms with E-state index in [2.05, 4.69) is 28.7 Å². The van der Waals surface area contributed by atoms with E-state index < -0.39 is 0 Å². The van der Waals surface area contributed by atoms with Gasteiger partial charge >= 0.3 is 0 Å². The number of carbonyl (C=O) groups is 1. The van der Waals surface area contributed by atoms with Gasteiger partial charge in [-0.05, 0) is 46.0 Å². The van der Waals surface area contributed by atoms with E-state index >= 15 is 0 Å². The highest BCUT2D eigenvalue weighted by Crippen LogP contribution is 2.35. The van der Waals surface area contributed by atoms with Crippen molar-refractivity contribution in [3.8, 4) is 0 Å². The van der Waals surface area contributed by atoms with E-state index in [1.54, 1.807) is 4.52 Å². The topological polar surface area (TPSA) is 73.7 Å². The van der Waals surface area contributed by atoms with Crippen molar-refractivity contribution in [3.63, 3.8) is 0 Å². The fraction of sp³-hybridized carbons (Fsp3) is 0.696. The summed E-state index contributed by atoms with van der Waals surface area (Å²) in [5.41, 5.74) is 3.39. The van der Waals surface area contributed by atoms with Crippen molar-refractivity contribution < 1.29 is 4.79 Å². The van der Waals surface area contributed by atoms with Crippen LogP contribution in [0.25, 0.3) is 5.65 Å². The third-order valence-electron chi connectivity index (χ3n) is 7.39. The Balaban J connectivity index is 1.49. The number of carbonyl (C=O) groups excluding carboxylic acids is 1. The lowest BCUT2D eigenvalue weighted by molar-refractivity contribution is -0.139. The molecule has 3 aliphatic rings. The summed E-state index contributed by atoms with van der Waals surface area (Å²) in [5, 5.41) is 3.33. The maximum absolute atomic E-state index is 13.2. The Labute approximate surface area is 177 Å². The minimum Gasteiger partial charge on any atom is -0.334 e. The molecule has 7 heteroatoms. The molecular formula is C23H33N5O2. The number of fused-ring (bicyclic) bond motifs is 2. The van der Waals surface area contributed by atoms with E-state index in [0.29, 0.717) is 24.1 Å². The van der Waals surface area contributed by atoms with Crippen LogP contribution in [0.4, 0.5) is 0 Å². The van der Waals surface area contributed by atoms with Gasteiger partial charge in [-0.1, -0.05) is 12.8 Å². The number of nitrogens with zero attached hydrogens (tertiary/aromatic N) is 4. The highest BCUT2D eigenvalue weighted by Gasteiger charge is 2.35. The van der Waals surface area contributed by atoms with Gasteiger partial charge in [0, 0.05) is 44.1 Å². The second-order valence-corrected chi connectivity index (χ2v) is 9.59. The molecule has 4 heterocycles. The van der Waals surface area contributed by atoms with Gasteiger partial charge in [-0.25, -0.2) is 9.50 Å². The number of aromatic amines is 1. The molecule has 0 aromatic carbocycles. The molecule has 0 spiro atoms. The molecule has 2 aromatic heterocycles. The largest absolute Gasteiger partial charge is 0.334 e. The first-order valence-corrected chi connectivity index (χ1v) is 11.7. The van der Waals surface area contributed by atoms with Crippen LogP contribution in [0.1, 0.15) is 81.8 Å². The number of amides is 1. The molecule has 1 amide bonds. The maximum Gasteiger partial charge on any atom is 0.277 e. The second kappa shape index (κ2) is 7.84. The van der Waals surface area contributed by atoms with Crippen LogP contribution in [0.5, 0.6) is 0 Å². The molecule has 1 N–H and O–H groups in total. The van der Waals surface area contributed by atoms with Gasteiger partial charge in [0.15, 0.2) is 5.65 Å². The van der Waals surface area contributed by atoms with Crippen LogP contribution < -0.4 is 5.56 Å². The van der Waals surface area contributed by atoms with Crippen LogP contribution in [-0.4, -0.2) is 49.4 Å². The second-order valence-electron chi connectivity index (χ2n) is 9.59. The van der Waals surface area contributed by atoms with E-state index in [9.17, 15) is 9.59 Å². The predicted octanol–water partition coefficient (Wildman–Crippen LogP) is 3.03. The van der Waals surface area contributed by atoms with Crippen LogP contribution in [-0.2, 0) is 17.8 Å². The molecule has 162 valence electrons. The van der Waals surface area contributed by atoms with Gasteiger partial charge in [-0.15, -0.1) is 0 Å². The number of aromatic nitrogens is 3. The standard InChI is InChI=1S/C23H33N5O2/c1-15(2)26-12-10-18-17(14-26)23(30)28-21(24-18)13-19(25-28)20-9-5-6-11-27(20)22(29)16-7-3-4-8-16/h13,15-16,20,25H,3-12,14H2,1-2H3. The first-order valence-electron chi connectivity index (χ1n) is 11.7. The Hall–Kier alpha value is -2.15. The summed E-state index contributed by atoms with van der Waals surface area (Å²) in [4.78, 5) is 35.7. The number of hydrogen-bond donors (Lipinski definition) is 1. The number of nitrogens with one attached hydrogen (secondary N) is 1. The minimum atomic E-state index is 0.0103. The highest BCUT2D eigenvalue weighted by molar-refractivity contribution is 5.79. The van der Waals surface area contributed by atoms with Crippen LogP contribution in [0.15, 0.2) is 10.9 Å². The van der Waals surface area contributed by atoms with Crippen LogP contribution >= 0.6 is 0 Å². The van der Waals surface area contributed by atoms with Crippen molar-refractivity contribution in [3.05, 3.63) is 33.4 Å². The molecule has 2 aliphatic heterocycles. The molecule has 1 atom stereocenters. The molecular weight excluding hydrogens is 378 g/mol. The van der Waals surface area contributed by atoms with Gasteiger partial charge in [0.1, 0.15) is 0 Å². The quantitative estimate of drug-likeness (QED) is 0.843. The molecule has 1 saturated carbocycles. The molecule has 0 radical (unpaired) electrons. The van der Waals surface area contributed by atoms with Crippen LogP contribution in [0, 0.1) is 5.92 Å². The number of likely N-dealkylation sites (tertiary alicyclic amines) is 1. The normalized spacial score (nSPS) is 23.4. The van der Waals surface area contributed by atoms with E-state index in [1.165, 1.54) is 12.8 Å². The first kappa shape index (κ1) is 19.8. The number of rotatable bonds is 3. The number of H-pyrrole nitrogens is 1. The minimum absolute atomic E-state index is 0.0103. The van der Waals surface area contributed by atoms with Gasteiger partial charge in [-0.2, -0.15) is 0 Å². The summed E-state index contributed by atoms with van der Waals surface area (Å²) >= 11 is 0. The Bertz CT molecular complexity index is 1000. The summed E-state index contributed by atoms with van der Waals surface area (Å²) in [7, 11) is 0. The van der Waals surface area contributed by atoms with Crippen molar-refractivity contribution in [2.24, 2.45) is 5.92 Å². The number of piperidine rings is 1. The predicted molar refractivity (Wildman–Crippen MR) is 115 cm³/mol. The smallest absolute Gasteiger partial charge is 0.277 e. The Morgan fingerprint density at radius 1 is 1.13 bits per heavy atom. The fourth-order valence-corrected chi connectivity index (χ4v) is 5.56. The van der Waals surface area contributed by atoms with E-state index in [-0.39, 0.29) is 17.5 Å². The van der Waals surface area contributed by atoms with Crippen molar-refractivity contribution >= 4 is 11.6 Å². The van der Waals surface area contributed by atoms with Gasteiger partial charge in [0.2, 0.25) is 5.91 Å². The molecule has 2 fully saturated rings. The lowest BCUT2D eigenvalue weighted by atomic mass is 9.96. The fourth-order valence-electron chi connectivity index (χ4n) is 5.56. The lowest BCUT2D eigenvalue weighted by Crippen LogP contribution is -2.41. The third-order valence-corrected chi connectivity index (χ3v) is 7.39. The first-order chi connectivity index (χ1) is 14.5. The third kappa shape index (κ3) is 3.37. The van der Waals surface area contributed by atoms with Crippen molar-refractivity contribution in [2.45, 2.75) is 83.8 Å². The molecule has 0 bridgehead atoms. The summed E-state index contributed by atoms with van der Waals surface area (Å²) in [6.45, 7) is 6.75. The van der Waals surface area contributed by atoms with E-state index in [4.69, 9.17) is 4.98 Å². The van der Waals surface area contributed by atoms with E-state index in [1.807, 2.05) is 6.07 Å². The van der Waals surface area contributed by atoms with Crippen molar-refractivity contribution in [2.75, 3.05) is 13.1 Å². The van der Waals surface area contributed by atoms with Crippen LogP contribution in [0.3, 0.4) is 0 Å². The van der Waals surface area contributed by atoms with Crippen LogP contribution in [0.2, 0.25) is 0 Å². The highest BCUT2D eigenvalue weighted by atomic mass is 16.2. The number of hydrogen-bond acceptors (Lipinski definition) is 4. The zero-order valence-corrected chi connectivity index (χ0v) is 18.2. The van der Waals surface area contributed by atoms with E-state index in [0.717, 1.165) is 68.6 Å². The summed E-state index contributed by atoms with van der Waals surface area (Å²) in [5.74, 6) is 0.494. The molecule has 30 heavy (non-hydrogen) atoms. The Kier molecular flexibility index (Phi) is 5.17. The molecule has 1 unspecified atom stereocenters.